The Morgan fingerprint density at radius 2 is 1.97 bits per heavy atom. The third-order valence-corrected chi connectivity index (χ3v) is 5.81. The average molecular weight is 463 g/mol. The van der Waals surface area contributed by atoms with Crippen LogP contribution in [0.25, 0.3) is 17.0 Å². The minimum absolute atomic E-state index is 0.172. The maximum absolute atomic E-state index is 6.03. The normalized spacial score (nSPS) is 15.1. The zero-order valence-corrected chi connectivity index (χ0v) is 17.6. The highest BCUT2D eigenvalue weighted by Gasteiger charge is 2.37. The summed E-state index contributed by atoms with van der Waals surface area (Å²) in [6, 6.07) is 7.90. The van der Waals surface area contributed by atoms with Gasteiger partial charge >= 0.3 is 0 Å². The van der Waals surface area contributed by atoms with Gasteiger partial charge in [0.2, 0.25) is 11.8 Å². The zero-order chi connectivity index (χ0) is 20.4. The minimum atomic E-state index is -0.172. The van der Waals surface area contributed by atoms with Crippen LogP contribution in [0.4, 0.5) is 0 Å². The van der Waals surface area contributed by atoms with Crippen LogP contribution < -0.4 is 4.74 Å². The van der Waals surface area contributed by atoms with E-state index in [0.29, 0.717) is 23.2 Å². The van der Waals surface area contributed by atoms with Crippen molar-refractivity contribution in [2.45, 2.75) is 12.8 Å². The highest BCUT2D eigenvalue weighted by atomic mass is 79.9. The Kier molecular flexibility index (Phi) is 3.60. The van der Waals surface area contributed by atoms with Crippen molar-refractivity contribution in [3.63, 3.8) is 0 Å². The number of ether oxygens (including phenoxy) is 1. The fourth-order valence-electron chi connectivity index (χ4n) is 3.91. The second-order valence-electron chi connectivity index (χ2n) is 7.22. The first-order valence-corrected chi connectivity index (χ1v) is 10.1. The lowest BCUT2D eigenvalue weighted by Crippen LogP contribution is -2.14. The molecule has 6 rings (SSSR count). The zero-order valence-electron chi connectivity index (χ0n) is 16.0. The molecule has 10 heteroatoms. The summed E-state index contributed by atoms with van der Waals surface area (Å²) in [5.41, 5.74) is 5.36. The van der Waals surface area contributed by atoms with Crippen molar-refractivity contribution in [1.29, 1.82) is 0 Å². The van der Waals surface area contributed by atoms with Gasteiger partial charge < -0.3 is 4.74 Å². The van der Waals surface area contributed by atoms with E-state index in [1.165, 1.54) is 0 Å². The molecule has 5 heterocycles. The van der Waals surface area contributed by atoms with Crippen LogP contribution >= 0.6 is 15.9 Å². The molecule has 0 radical (unpaired) electrons. The number of benzene rings is 1. The van der Waals surface area contributed by atoms with Gasteiger partial charge in [0.15, 0.2) is 11.5 Å². The maximum Gasteiger partial charge on any atom is 0.244 e. The molecule has 1 aliphatic rings. The van der Waals surface area contributed by atoms with E-state index in [9.17, 15) is 0 Å². The van der Waals surface area contributed by atoms with Gasteiger partial charge in [0.25, 0.3) is 0 Å². The number of hydrogen-bond donors (Lipinski definition) is 1. The van der Waals surface area contributed by atoms with Gasteiger partial charge in [0, 0.05) is 40.1 Å². The number of aromatic nitrogens is 8. The molecule has 0 saturated heterocycles. The molecule has 1 aromatic carbocycles. The van der Waals surface area contributed by atoms with Crippen LogP contribution in [0.5, 0.6) is 11.8 Å². The smallest absolute Gasteiger partial charge is 0.244 e. The monoisotopic (exact) mass is 462 g/mol. The van der Waals surface area contributed by atoms with Crippen LogP contribution in [0.3, 0.4) is 0 Å². The summed E-state index contributed by atoms with van der Waals surface area (Å²) in [7, 11) is 1.90. The summed E-state index contributed by atoms with van der Waals surface area (Å²) >= 11 is 3.47. The molecule has 0 amide bonds. The molecule has 5 aromatic rings. The minimum Gasteiger partial charge on any atom is -0.418 e. The predicted octanol–water partition coefficient (Wildman–Crippen LogP) is 3.60. The number of H-pyrrole nitrogens is 1. The molecule has 0 aliphatic carbocycles. The van der Waals surface area contributed by atoms with E-state index in [1.54, 1.807) is 15.5 Å². The summed E-state index contributed by atoms with van der Waals surface area (Å²) in [6.07, 6.45) is 5.46. The van der Waals surface area contributed by atoms with Gasteiger partial charge in [0.1, 0.15) is 6.33 Å². The van der Waals surface area contributed by atoms with E-state index < -0.39 is 0 Å². The molecule has 148 valence electrons. The number of nitrogens with zero attached hydrogens (tertiary/aromatic N) is 7. The number of fused-ring (bicyclic) bond motifs is 4. The fourth-order valence-corrected chi connectivity index (χ4v) is 4.17. The van der Waals surface area contributed by atoms with Gasteiger partial charge in [-0.1, -0.05) is 28.1 Å². The van der Waals surface area contributed by atoms with Gasteiger partial charge in [-0.15, -0.1) is 10.2 Å². The number of aryl methyl sites for hydroxylation is 2. The number of hydrogen-bond acceptors (Lipinski definition) is 6. The van der Waals surface area contributed by atoms with Crippen molar-refractivity contribution < 1.29 is 4.74 Å². The Labute approximate surface area is 178 Å². The van der Waals surface area contributed by atoms with Crippen LogP contribution in [-0.2, 0) is 7.05 Å². The van der Waals surface area contributed by atoms with E-state index >= 15 is 0 Å². The molecule has 30 heavy (non-hydrogen) atoms. The molecule has 1 aliphatic heterocycles. The lowest BCUT2D eigenvalue weighted by Gasteiger charge is -2.24. The van der Waals surface area contributed by atoms with Gasteiger partial charge in [-0.25, -0.2) is 14.5 Å². The number of rotatable bonds is 2. The second kappa shape index (κ2) is 6.23. The first-order chi connectivity index (χ1) is 14.6. The Hall–Kier alpha value is -3.53. The quantitative estimate of drug-likeness (QED) is 0.421. The topological polar surface area (TPSA) is 98.8 Å². The predicted molar refractivity (Wildman–Crippen MR) is 111 cm³/mol. The molecule has 0 saturated carbocycles. The second-order valence-corrected chi connectivity index (χ2v) is 8.14. The standard InChI is InChI=1S/C20H15BrN8O/c1-10-14-15(12-7-23-28(2)8-12)16-18-24-17(11-3-5-13(21)6-4-11)27-29(18)9-22-19(16)30-20(14)26-25-10/h3-9,15H,1-2H3,(H,25,26). The molecule has 1 atom stereocenters. The summed E-state index contributed by atoms with van der Waals surface area (Å²) in [4.78, 5) is 9.36. The fraction of sp³-hybridized carbons (Fsp3) is 0.150. The molecule has 1 N–H and O–H groups in total. The lowest BCUT2D eigenvalue weighted by molar-refractivity contribution is 0.416. The van der Waals surface area contributed by atoms with E-state index in [2.05, 4.69) is 41.3 Å². The average Bonchev–Trinajstić information content (AvgIpc) is 3.45. The summed E-state index contributed by atoms with van der Waals surface area (Å²) in [6.45, 7) is 1.98. The van der Waals surface area contributed by atoms with Crippen molar-refractivity contribution >= 4 is 21.6 Å². The van der Waals surface area contributed by atoms with Gasteiger partial charge in [0.05, 0.1) is 17.7 Å². The molecular weight excluding hydrogens is 448 g/mol. The SMILES string of the molecule is Cc1[nH]nc2c1C(c1cnn(C)c1)c1c(ncn3nc(-c4ccc(Br)cc4)nc13)O2. The third kappa shape index (κ3) is 2.50. The Balaban J connectivity index is 1.61. The Morgan fingerprint density at radius 1 is 1.13 bits per heavy atom. The number of halogens is 1. The number of aromatic amines is 1. The summed E-state index contributed by atoms with van der Waals surface area (Å²) in [5, 5.41) is 16.4. The molecule has 0 fully saturated rings. The highest BCUT2D eigenvalue weighted by molar-refractivity contribution is 9.10. The van der Waals surface area contributed by atoms with Crippen LogP contribution in [-0.4, -0.2) is 39.6 Å². The van der Waals surface area contributed by atoms with Crippen molar-refractivity contribution in [3.8, 4) is 23.1 Å². The van der Waals surface area contributed by atoms with E-state index in [1.807, 2.05) is 50.6 Å². The first-order valence-electron chi connectivity index (χ1n) is 9.31. The van der Waals surface area contributed by atoms with Crippen molar-refractivity contribution in [2.75, 3.05) is 0 Å². The molecular formula is C20H15BrN8O. The van der Waals surface area contributed by atoms with Crippen LogP contribution in [0.1, 0.15) is 28.3 Å². The highest BCUT2D eigenvalue weighted by Crippen LogP contribution is 2.48. The van der Waals surface area contributed by atoms with Crippen LogP contribution in [0, 0.1) is 6.92 Å². The molecule has 1 unspecified atom stereocenters. The largest absolute Gasteiger partial charge is 0.418 e. The van der Waals surface area contributed by atoms with Crippen molar-refractivity contribution in [1.82, 2.24) is 39.6 Å². The van der Waals surface area contributed by atoms with E-state index in [0.717, 1.165) is 32.4 Å². The Morgan fingerprint density at radius 3 is 2.73 bits per heavy atom. The molecule has 4 aromatic heterocycles. The number of nitrogens with one attached hydrogen (secondary N) is 1. The van der Waals surface area contributed by atoms with Crippen LogP contribution in [0.15, 0.2) is 47.5 Å². The van der Waals surface area contributed by atoms with Crippen molar-refractivity contribution in [2.24, 2.45) is 7.05 Å². The van der Waals surface area contributed by atoms with E-state index in [-0.39, 0.29) is 5.92 Å². The molecule has 0 spiro atoms. The summed E-state index contributed by atoms with van der Waals surface area (Å²) < 4.78 is 10.5. The summed E-state index contributed by atoms with van der Waals surface area (Å²) in [5.74, 6) is 1.45. The van der Waals surface area contributed by atoms with E-state index in [4.69, 9.17) is 9.72 Å². The maximum atomic E-state index is 6.03. The first kappa shape index (κ1) is 17.3. The lowest BCUT2D eigenvalue weighted by atomic mass is 9.86. The molecule has 0 bridgehead atoms. The van der Waals surface area contributed by atoms with Gasteiger partial charge in [-0.2, -0.15) is 5.10 Å². The van der Waals surface area contributed by atoms with Gasteiger partial charge in [-0.3, -0.25) is 9.78 Å². The van der Waals surface area contributed by atoms with Gasteiger partial charge in [-0.05, 0) is 19.1 Å². The third-order valence-electron chi connectivity index (χ3n) is 5.28. The van der Waals surface area contributed by atoms with Crippen molar-refractivity contribution in [3.05, 3.63) is 69.8 Å². The molecule has 9 nitrogen and oxygen atoms in total. The van der Waals surface area contributed by atoms with Crippen LogP contribution in [0.2, 0.25) is 0 Å². The Bertz CT molecular complexity index is 1410.